The average molecular weight is 204 g/mol. The van der Waals surface area contributed by atoms with E-state index in [0.717, 1.165) is 0 Å². The maximum Gasteiger partial charge on any atom is 1.00 e. The smallest absolute Gasteiger partial charge is 0.545 e. The number of hydrogen-bond acceptors (Lipinski definition) is 4. The predicted molar refractivity (Wildman–Crippen MR) is 43.9 cm³/mol. The topological polar surface area (TPSA) is 58.6 Å². The maximum atomic E-state index is 10.5. The Balaban J connectivity index is 0.00000169. The van der Waals surface area contributed by atoms with Crippen molar-refractivity contribution in [2.45, 2.75) is 0 Å². The Morgan fingerprint density at radius 3 is 1.86 bits per heavy atom. The van der Waals surface area contributed by atoms with Crippen LogP contribution in [0.2, 0.25) is 0 Å². The molecule has 0 aliphatic heterocycles. The van der Waals surface area contributed by atoms with E-state index in [-0.39, 0.29) is 35.1 Å². The number of aromatic carboxylic acids is 1. The van der Waals surface area contributed by atoms with Crippen molar-refractivity contribution in [3.8, 4) is 11.5 Å². The van der Waals surface area contributed by atoms with Gasteiger partial charge in [0.1, 0.15) is 11.5 Å². The molecule has 1 aromatic rings. The number of methoxy groups -OCH3 is 2. The molecule has 0 N–H and O–H groups in total. The van der Waals surface area contributed by atoms with E-state index in [1.54, 1.807) is 6.07 Å². The molecule has 4 nitrogen and oxygen atoms in total. The normalized spacial score (nSPS) is 8.71. The molecule has 0 bridgehead atoms. The van der Waals surface area contributed by atoms with Gasteiger partial charge in [-0.2, -0.15) is 0 Å². The van der Waals surface area contributed by atoms with E-state index >= 15 is 0 Å². The van der Waals surface area contributed by atoms with Crippen LogP contribution in [0.5, 0.6) is 11.5 Å². The molecule has 0 unspecified atom stereocenters. The largest absolute Gasteiger partial charge is 1.00 e. The van der Waals surface area contributed by atoms with E-state index in [2.05, 4.69) is 0 Å². The summed E-state index contributed by atoms with van der Waals surface area (Å²) in [4.78, 5) is 10.5. The third-order valence-corrected chi connectivity index (χ3v) is 1.59. The monoisotopic (exact) mass is 204 g/mol. The van der Waals surface area contributed by atoms with Crippen LogP contribution in [0.4, 0.5) is 0 Å². The summed E-state index contributed by atoms with van der Waals surface area (Å²) < 4.78 is 9.75. The van der Waals surface area contributed by atoms with Crippen molar-refractivity contribution in [2.24, 2.45) is 0 Å². The molecule has 70 valence electrons. The molecule has 0 aliphatic carbocycles. The summed E-state index contributed by atoms with van der Waals surface area (Å²) in [5.74, 6) is -0.394. The van der Waals surface area contributed by atoms with Crippen LogP contribution >= 0.6 is 0 Å². The number of benzene rings is 1. The zero-order chi connectivity index (χ0) is 9.84. The third kappa shape index (κ3) is 3.21. The van der Waals surface area contributed by atoms with E-state index in [4.69, 9.17) is 9.47 Å². The average Bonchev–Trinajstić information content (AvgIpc) is 2.16. The van der Waals surface area contributed by atoms with E-state index in [1.165, 1.54) is 26.4 Å². The molecule has 1 rings (SSSR count). The van der Waals surface area contributed by atoms with Gasteiger partial charge < -0.3 is 19.4 Å². The second-order valence-electron chi connectivity index (χ2n) is 2.39. The van der Waals surface area contributed by atoms with Crippen molar-refractivity contribution in [1.29, 1.82) is 0 Å². The van der Waals surface area contributed by atoms with Gasteiger partial charge in [-0.15, -0.1) is 0 Å². The minimum Gasteiger partial charge on any atom is -0.545 e. The van der Waals surface area contributed by atoms with Crippen LogP contribution in [0.15, 0.2) is 18.2 Å². The number of carboxylic acids is 1. The first-order valence-corrected chi connectivity index (χ1v) is 3.62. The zero-order valence-electron chi connectivity index (χ0n) is 8.37. The standard InChI is InChI=1S/C9H10O4.Na/c1-12-7-3-6(9(10)11)4-8(5-7)13-2;/h3-5H,1-2H3,(H,10,11);/q;+1/p-1. The fourth-order valence-electron chi connectivity index (χ4n) is 0.925. The molecule has 0 aromatic heterocycles. The summed E-state index contributed by atoms with van der Waals surface area (Å²) in [6.45, 7) is 0. The number of rotatable bonds is 3. The van der Waals surface area contributed by atoms with Gasteiger partial charge in [-0.05, 0) is 12.1 Å². The van der Waals surface area contributed by atoms with E-state index in [0.29, 0.717) is 11.5 Å². The summed E-state index contributed by atoms with van der Waals surface area (Å²) in [7, 11) is 2.90. The summed E-state index contributed by atoms with van der Waals surface area (Å²) in [6.07, 6.45) is 0. The Labute approximate surface area is 104 Å². The molecular formula is C9H9NaO4. The fourth-order valence-corrected chi connectivity index (χ4v) is 0.925. The first-order valence-electron chi connectivity index (χ1n) is 3.62. The molecule has 0 amide bonds. The van der Waals surface area contributed by atoms with Crippen LogP contribution in [0.25, 0.3) is 0 Å². The van der Waals surface area contributed by atoms with Gasteiger partial charge in [0.25, 0.3) is 0 Å². The van der Waals surface area contributed by atoms with Gasteiger partial charge in [0.15, 0.2) is 0 Å². The predicted octanol–water partition coefficient (Wildman–Crippen LogP) is -2.93. The van der Waals surface area contributed by atoms with Crippen LogP contribution in [0.3, 0.4) is 0 Å². The van der Waals surface area contributed by atoms with Gasteiger partial charge in [-0.25, -0.2) is 0 Å². The Morgan fingerprint density at radius 2 is 1.57 bits per heavy atom. The first-order chi connectivity index (χ1) is 6.17. The third-order valence-electron chi connectivity index (χ3n) is 1.59. The van der Waals surface area contributed by atoms with Crippen LogP contribution in [0, 0.1) is 0 Å². The van der Waals surface area contributed by atoms with Crippen molar-refractivity contribution in [1.82, 2.24) is 0 Å². The molecular weight excluding hydrogens is 195 g/mol. The SMILES string of the molecule is COc1cc(OC)cc(C(=O)[O-])c1.[Na+]. The molecule has 0 saturated carbocycles. The number of hydrogen-bond donors (Lipinski definition) is 0. The van der Waals surface area contributed by atoms with Crippen molar-refractivity contribution in [2.75, 3.05) is 14.2 Å². The summed E-state index contributed by atoms with van der Waals surface area (Å²) in [5.41, 5.74) is 0.0381. The maximum absolute atomic E-state index is 10.5. The van der Waals surface area contributed by atoms with E-state index in [9.17, 15) is 9.90 Å². The Kier molecular flexibility index (Phi) is 5.60. The molecule has 0 atom stereocenters. The van der Waals surface area contributed by atoms with Gasteiger partial charge >= 0.3 is 29.6 Å². The van der Waals surface area contributed by atoms with Crippen molar-refractivity contribution in [3.63, 3.8) is 0 Å². The second kappa shape index (κ2) is 5.90. The fraction of sp³-hybridized carbons (Fsp3) is 0.222. The van der Waals surface area contributed by atoms with Gasteiger partial charge in [0.2, 0.25) is 0 Å². The van der Waals surface area contributed by atoms with Crippen LogP contribution in [-0.2, 0) is 0 Å². The molecule has 0 aliphatic rings. The molecule has 5 heteroatoms. The molecule has 1 aromatic carbocycles. The Morgan fingerprint density at radius 1 is 1.14 bits per heavy atom. The molecule has 0 saturated heterocycles. The Hall–Kier alpha value is -0.710. The number of carbonyl (C=O) groups is 1. The molecule has 0 spiro atoms. The summed E-state index contributed by atoms with van der Waals surface area (Å²) in [6, 6.07) is 4.34. The first kappa shape index (κ1) is 13.3. The van der Waals surface area contributed by atoms with Crippen LogP contribution in [0.1, 0.15) is 10.4 Å². The van der Waals surface area contributed by atoms with Gasteiger partial charge in [0.05, 0.1) is 20.2 Å². The molecule has 0 fully saturated rings. The van der Waals surface area contributed by atoms with E-state index in [1.807, 2.05) is 0 Å². The summed E-state index contributed by atoms with van der Waals surface area (Å²) in [5, 5.41) is 10.5. The van der Waals surface area contributed by atoms with Crippen molar-refractivity contribution < 1.29 is 48.9 Å². The van der Waals surface area contributed by atoms with Gasteiger partial charge in [0, 0.05) is 11.6 Å². The second-order valence-corrected chi connectivity index (χ2v) is 2.39. The van der Waals surface area contributed by atoms with Gasteiger partial charge in [-0.1, -0.05) is 0 Å². The minimum atomic E-state index is -1.25. The zero-order valence-corrected chi connectivity index (χ0v) is 10.4. The summed E-state index contributed by atoms with van der Waals surface area (Å²) >= 11 is 0. The van der Waals surface area contributed by atoms with Crippen LogP contribution in [-0.4, -0.2) is 20.2 Å². The molecule has 0 heterocycles. The quantitative estimate of drug-likeness (QED) is 0.495. The molecule has 0 radical (unpaired) electrons. The minimum absolute atomic E-state index is 0. The van der Waals surface area contributed by atoms with Gasteiger partial charge in [-0.3, -0.25) is 0 Å². The van der Waals surface area contributed by atoms with Crippen molar-refractivity contribution >= 4 is 5.97 Å². The van der Waals surface area contributed by atoms with Crippen LogP contribution < -0.4 is 44.1 Å². The number of ether oxygens (including phenoxy) is 2. The Bertz CT molecular complexity index is 302. The molecule has 14 heavy (non-hydrogen) atoms. The number of carbonyl (C=O) groups excluding carboxylic acids is 1. The van der Waals surface area contributed by atoms with Crippen molar-refractivity contribution in [3.05, 3.63) is 23.8 Å². The number of carboxylic acid groups (broad SMARTS) is 1. The van der Waals surface area contributed by atoms with E-state index < -0.39 is 5.97 Å².